The summed E-state index contributed by atoms with van der Waals surface area (Å²) < 4.78 is 7.07. The summed E-state index contributed by atoms with van der Waals surface area (Å²) in [7, 11) is 3.36. The van der Waals surface area contributed by atoms with Crippen LogP contribution in [-0.2, 0) is 7.05 Å². The molecule has 0 saturated carbocycles. The van der Waals surface area contributed by atoms with Crippen molar-refractivity contribution in [2.75, 3.05) is 18.6 Å². The molecule has 5 heteroatoms. The van der Waals surface area contributed by atoms with E-state index in [-0.39, 0.29) is 11.5 Å². The summed E-state index contributed by atoms with van der Waals surface area (Å²) in [5, 5.41) is 1.18. The predicted octanol–water partition coefficient (Wildman–Crippen LogP) is 3.21. The smallest absolute Gasteiger partial charge is 0.260 e. The van der Waals surface area contributed by atoms with E-state index in [0.29, 0.717) is 34.4 Å². The Morgan fingerprint density at radius 2 is 1.72 bits per heavy atom. The fourth-order valence-electron chi connectivity index (χ4n) is 2.89. The van der Waals surface area contributed by atoms with Gasteiger partial charge in [-0.25, -0.2) is 0 Å². The summed E-state index contributed by atoms with van der Waals surface area (Å²) >= 11 is 0. The highest BCUT2D eigenvalue weighted by atomic mass is 16.5. The van der Waals surface area contributed by atoms with E-state index >= 15 is 0 Å². The normalized spacial score (nSPS) is 10.7. The van der Waals surface area contributed by atoms with Crippen molar-refractivity contribution in [2.45, 2.75) is 6.92 Å². The lowest BCUT2D eigenvalue weighted by molar-refractivity contribution is 0.0993. The molecule has 0 aliphatic rings. The minimum absolute atomic E-state index is 0.121. The maximum Gasteiger partial charge on any atom is 0.260 e. The lowest BCUT2D eigenvalue weighted by Gasteiger charge is -2.21. The van der Waals surface area contributed by atoms with Gasteiger partial charge in [0.25, 0.3) is 11.5 Å². The van der Waals surface area contributed by atoms with Gasteiger partial charge in [0, 0.05) is 31.1 Å². The average Bonchev–Trinajstić information content (AvgIpc) is 2.64. The quantitative estimate of drug-likeness (QED) is 0.735. The van der Waals surface area contributed by atoms with Crippen molar-refractivity contribution < 1.29 is 9.53 Å². The molecule has 0 spiro atoms. The van der Waals surface area contributed by atoms with E-state index in [1.165, 1.54) is 4.57 Å². The van der Waals surface area contributed by atoms with Crippen molar-refractivity contribution >= 4 is 22.4 Å². The minimum atomic E-state index is -0.195. The van der Waals surface area contributed by atoms with Crippen molar-refractivity contribution in [3.63, 3.8) is 0 Å². The van der Waals surface area contributed by atoms with Crippen LogP contribution in [0.4, 0.5) is 5.69 Å². The molecule has 3 aromatic rings. The highest BCUT2D eigenvalue weighted by Crippen LogP contribution is 2.29. The Labute approximate surface area is 146 Å². The third-order valence-electron chi connectivity index (χ3n) is 4.15. The molecule has 0 fully saturated rings. The van der Waals surface area contributed by atoms with Gasteiger partial charge in [0.1, 0.15) is 5.75 Å². The van der Waals surface area contributed by atoms with Crippen molar-refractivity contribution in [1.29, 1.82) is 0 Å². The number of hydrogen-bond acceptors (Lipinski definition) is 3. The zero-order chi connectivity index (χ0) is 18.0. The molecule has 0 unspecified atom stereocenters. The Morgan fingerprint density at radius 1 is 1.08 bits per heavy atom. The first-order valence-corrected chi connectivity index (χ1v) is 8.12. The van der Waals surface area contributed by atoms with Crippen molar-refractivity contribution in [2.24, 2.45) is 7.05 Å². The van der Waals surface area contributed by atoms with Crippen LogP contribution < -0.4 is 15.2 Å². The second kappa shape index (κ2) is 6.81. The number of carbonyl (C=O) groups is 1. The Hall–Kier alpha value is -3.08. The van der Waals surface area contributed by atoms with Gasteiger partial charge < -0.3 is 14.2 Å². The third kappa shape index (κ3) is 3.01. The summed E-state index contributed by atoms with van der Waals surface area (Å²) in [5.41, 5.74) is 1.04. The number of fused-ring (bicyclic) bond motifs is 1. The van der Waals surface area contributed by atoms with E-state index in [0.717, 1.165) is 0 Å². The molecule has 1 aromatic heterocycles. The maximum atomic E-state index is 13.1. The zero-order valence-electron chi connectivity index (χ0n) is 14.5. The maximum absolute atomic E-state index is 13.1. The van der Waals surface area contributed by atoms with E-state index in [4.69, 9.17) is 4.74 Å². The van der Waals surface area contributed by atoms with Gasteiger partial charge >= 0.3 is 0 Å². The Bertz CT molecular complexity index is 992. The van der Waals surface area contributed by atoms with Gasteiger partial charge in [-0.2, -0.15) is 0 Å². The van der Waals surface area contributed by atoms with Crippen LogP contribution in [0.1, 0.15) is 17.3 Å². The average molecular weight is 336 g/mol. The first-order chi connectivity index (χ1) is 12.0. The number of aromatic nitrogens is 1. The minimum Gasteiger partial charge on any atom is -0.492 e. The number of rotatable bonds is 4. The molecular formula is C20H20N2O3. The van der Waals surface area contributed by atoms with E-state index in [1.54, 1.807) is 43.4 Å². The van der Waals surface area contributed by atoms with Crippen LogP contribution in [0.2, 0.25) is 0 Å². The van der Waals surface area contributed by atoms with E-state index < -0.39 is 0 Å². The molecule has 1 heterocycles. The number of ether oxygens (including phenoxy) is 1. The number of nitrogens with zero attached hydrogens (tertiary/aromatic N) is 2. The van der Waals surface area contributed by atoms with Gasteiger partial charge in [-0.15, -0.1) is 0 Å². The molecule has 2 aromatic carbocycles. The number of benzene rings is 2. The molecule has 25 heavy (non-hydrogen) atoms. The van der Waals surface area contributed by atoms with E-state index in [1.807, 2.05) is 37.3 Å². The summed E-state index contributed by atoms with van der Waals surface area (Å²) in [6.07, 6.45) is 1.59. The Balaban J connectivity index is 2.12. The molecule has 1 amide bonds. The van der Waals surface area contributed by atoms with Gasteiger partial charge in [0.05, 0.1) is 17.9 Å². The van der Waals surface area contributed by atoms with E-state index in [2.05, 4.69) is 0 Å². The highest BCUT2D eigenvalue weighted by Gasteiger charge is 2.20. The third-order valence-corrected chi connectivity index (χ3v) is 4.15. The molecular weight excluding hydrogens is 316 g/mol. The number of amides is 1. The lowest BCUT2D eigenvalue weighted by Crippen LogP contribution is -2.29. The standard InChI is InChI=1S/C20H20N2O3/c1-4-25-18-12-8-7-11-17(18)22(3)20(24)16-13-21(2)19(23)15-10-6-5-9-14(15)16/h5-13H,4H2,1-3H3. The highest BCUT2D eigenvalue weighted by molar-refractivity contribution is 6.13. The number of hydrogen-bond donors (Lipinski definition) is 0. The van der Waals surface area contributed by atoms with E-state index in [9.17, 15) is 9.59 Å². The van der Waals surface area contributed by atoms with Crippen LogP contribution in [0.15, 0.2) is 59.5 Å². The van der Waals surface area contributed by atoms with Gasteiger partial charge in [0.15, 0.2) is 0 Å². The predicted molar refractivity (Wildman–Crippen MR) is 99.5 cm³/mol. The van der Waals surface area contributed by atoms with Crippen molar-refractivity contribution in [3.8, 4) is 5.75 Å². The number of anilines is 1. The fraction of sp³-hybridized carbons (Fsp3) is 0.200. The number of pyridine rings is 1. The fourth-order valence-corrected chi connectivity index (χ4v) is 2.89. The molecule has 5 nitrogen and oxygen atoms in total. The Kier molecular flexibility index (Phi) is 4.57. The summed E-state index contributed by atoms with van der Waals surface area (Å²) in [4.78, 5) is 27.0. The van der Waals surface area contributed by atoms with Gasteiger partial charge in [-0.05, 0) is 25.1 Å². The van der Waals surface area contributed by atoms with Gasteiger partial charge in [0.2, 0.25) is 0 Å². The van der Waals surface area contributed by atoms with Crippen molar-refractivity contribution in [1.82, 2.24) is 4.57 Å². The topological polar surface area (TPSA) is 51.5 Å². The Morgan fingerprint density at radius 3 is 2.44 bits per heavy atom. The summed E-state index contributed by atoms with van der Waals surface area (Å²) in [6.45, 7) is 2.42. The lowest BCUT2D eigenvalue weighted by atomic mass is 10.1. The SMILES string of the molecule is CCOc1ccccc1N(C)C(=O)c1cn(C)c(=O)c2ccccc12. The first kappa shape index (κ1) is 16.8. The molecule has 0 bridgehead atoms. The van der Waals surface area contributed by atoms with Gasteiger partial charge in [-0.3, -0.25) is 9.59 Å². The van der Waals surface area contributed by atoms with Crippen LogP contribution in [0, 0.1) is 0 Å². The number of para-hydroxylation sites is 2. The van der Waals surface area contributed by atoms with Crippen LogP contribution in [0.3, 0.4) is 0 Å². The number of carbonyl (C=O) groups excluding carboxylic acids is 1. The molecule has 128 valence electrons. The monoisotopic (exact) mass is 336 g/mol. The van der Waals surface area contributed by atoms with Crippen LogP contribution in [0.25, 0.3) is 10.8 Å². The molecule has 3 rings (SSSR count). The molecule has 0 saturated heterocycles. The van der Waals surface area contributed by atoms with Crippen LogP contribution in [-0.4, -0.2) is 24.1 Å². The summed E-state index contributed by atoms with van der Waals surface area (Å²) in [6, 6.07) is 14.6. The van der Waals surface area contributed by atoms with Gasteiger partial charge in [-0.1, -0.05) is 30.3 Å². The largest absolute Gasteiger partial charge is 0.492 e. The molecule has 0 atom stereocenters. The molecule has 0 radical (unpaired) electrons. The molecule has 0 aliphatic carbocycles. The van der Waals surface area contributed by atoms with Crippen molar-refractivity contribution in [3.05, 3.63) is 70.6 Å². The molecule has 0 aliphatic heterocycles. The molecule has 0 N–H and O–H groups in total. The second-order valence-electron chi connectivity index (χ2n) is 5.77. The second-order valence-corrected chi connectivity index (χ2v) is 5.77. The first-order valence-electron chi connectivity index (χ1n) is 8.12. The van der Waals surface area contributed by atoms with Crippen LogP contribution in [0.5, 0.6) is 5.75 Å². The van der Waals surface area contributed by atoms with Crippen LogP contribution >= 0.6 is 0 Å². The summed E-state index contributed by atoms with van der Waals surface area (Å²) in [5.74, 6) is 0.453. The number of aryl methyl sites for hydroxylation is 1. The zero-order valence-corrected chi connectivity index (χ0v) is 14.5.